The Morgan fingerprint density at radius 3 is 2.41 bits per heavy atom. The summed E-state index contributed by atoms with van der Waals surface area (Å²) in [7, 11) is 0. The minimum absolute atomic E-state index is 0.159. The molecule has 2 heterocycles. The monoisotopic (exact) mass is 239 g/mol. The summed E-state index contributed by atoms with van der Waals surface area (Å²) >= 11 is 0. The van der Waals surface area contributed by atoms with E-state index >= 15 is 0 Å². The number of amides is 4. The van der Waals surface area contributed by atoms with Gasteiger partial charge in [-0.3, -0.25) is 24.5 Å². The third-order valence-corrected chi connectivity index (χ3v) is 2.87. The van der Waals surface area contributed by atoms with Crippen molar-refractivity contribution < 1.29 is 19.2 Å². The molecule has 0 spiro atoms. The first kappa shape index (κ1) is 11.6. The normalized spacial score (nSPS) is 28.6. The minimum atomic E-state index is -0.683. The first-order valence-electron chi connectivity index (χ1n) is 5.49. The summed E-state index contributed by atoms with van der Waals surface area (Å²) < 4.78 is 0. The predicted molar refractivity (Wildman–Crippen MR) is 55.5 cm³/mol. The molecular weight excluding hydrogens is 226 g/mol. The van der Waals surface area contributed by atoms with Crippen molar-refractivity contribution in [2.45, 2.75) is 37.8 Å². The molecule has 0 aromatic heterocycles. The zero-order valence-electron chi connectivity index (χ0n) is 9.12. The first-order valence-corrected chi connectivity index (χ1v) is 5.49. The third kappa shape index (κ3) is 2.61. The van der Waals surface area contributed by atoms with Crippen molar-refractivity contribution in [3.8, 4) is 0 Å². The van der Waals surface area contributed by atoms with Crippen LogP contribution in [0.15, 0.2) is 0 Å². The third-order valence-electron chi connectivity index (χ3n) is 2.87. The lowest BCUT2D eigenvalue weighted by Gasteiger charge is -2.23. The number of nitrogens with one attached hydrogen (secondary N) is 3. The Kier molecular flexibility index (Phi) is 3.08. The fourth-order valence-electron chi connectivity index (χ4n) is 1.91. The predicted octanol–water partition coefficient (Wildman–Crippen LogP) is -1.81. The second kappa shape index (κ2) is 4.52. The van der Waals surface area contributed by atoms with Crippen LogP contribution in [0.4, 0.5) is 0 Å². The highest BCUT2D eigenvalue weighted by molar-refractivity contribution is 6.02. The first-order chi connectivity index (χ1) is 8.06. The van der Waals surface area contributed by atoms with E-state index in [-0.39, 0.29) is 24.1 Å². The highest BCUT2D eigenvalue weighted by atomic mass is 16.2. The smallest absolute Gasteiger partial charge is 0.249 e. The number of hydrogen-bond donors (Lipinski definition) is 3. The highest BCUT2D eigenvalue weighted by Crippen LogP contribution is 2.09. The summed E-state index contributed by atoms with van der Waals surface area (Å²) in [5, 5.41) is 7.21. The Labute approximate surface area is 97.3 Å². The molecule has 2 aliphatic heterocycles. The van der Waals surface area contributed by atoms with Crippen LogP contribution in [-0.4, -0.2) is 35.7 Å². The fraction of sp³-hybridized carbons (Fsp3) is 0.600. The summed E-state index contributed by atoms with van der Waals surface area (Å²) in [5.74, 6) is -1.34. The molecule has 0 radical (unpaired) electrons. The number of imide groups is 1. The maximum Gasteiger partial charge on any atom is 0.249 e. The molecule has 0 saturated carbocycles. The number of hydrogen-bond acceptors (Lipinski definition) is 4. The van der Waals surface area contributed by atoms with E-state index in [1.54, 1.807) is 0 Å². The van der Waals surface area contributed by atoms with Crippen molar-refractivity contribution in [3.63, 3.8) is 0 Å². The van der Waals surface area contributed by atoms with Gasteiger partial charge in [-0.05, 0) is 12.8 Å². The van der Waals surface area contributed by atoms with Crippen LogP contribution in [0.25, 0.3) is 0 Å². The van der Waals surface area contributed by atoms with Crippen LogP contribution in [0, 0.1) is 0 Å². The fourth-order valence-corrected chi connectivity index (χ4v) is 1.91. The Balaban J connectivity index is 1.88. The summed E-state index contributed by atoms with van der Waals surface area (Å²) in [4.78, 5) is 44.9. The van der Waals surface area contributed by atoms with Crippen LogP contribution in [0.3, 0.4) is 0 Å². The van der Waals surface area contributed by atoms with E-state index in [4.69, 9.17) is 0 Å². The average Bonchev–Trinajstić information content (AvgIpc) is 2.69. The molecular formula is C10H13N3O4. The van der Waals surface area contributed by atoms with E-state index < -0.39 is 18.0 Å². The molecule has 92 valence electrons. The average molecular weight is 239 g/mol. The van der Waals surface area contributed by atoms with Crippen LogP contribution in [0.1, 0.15) is 25.7 Å². The lowest BCUT2D eigenvalue weighted by molar-refractivity contribution is -0.137. The van der Waals surface area contributed by atoms with E-state index in [2.05, 4.69) is 16.0 Å². The summed E-state index contributed by atoms with van der Waals surface area (Å²) in [6, 6.07) is -1.24. The molecule has 0 aliphatic carbocycles. The van der Waals surface area contributed by atoms with Crippen molar-refractivity contribution in [2.75, 3.05) is 0 Å². The van der Waals surface area contributed by atoms with E-state index in [0.29, 0.717) is 19.3 Å². The highest BCUT2D eigenvalue weighted by Gasteiger charge is 2.32. The molecule has 1 unspecified atom stereocenters. The van der Waals surface area contributed by atoms with E-state index in [1.165, 1.54) is 0 Å². The maximum absolute atomic E-state index is 11.7. The van der Waals surface area contributed by atoms with Crippen molar-refractivity contribution >= 4 is 23.6 Å². The van der Waals surface area contributed by atoms with Gasteiger partial charge in [0.2, 0.25) is 23.6 Å². The molecule has 17 heavy (non-hydrogen) atoms. The Morgan fingerprint density at radius 1 is 1.12 bits per heavy atom. The summed E-state index contributed by atoms with van der Waals surface area (Å²) in [6.45, 7) is 0. The van der Waals surface area contributed by atoms with Crippen LogP contribution < -0.4 is 16.0 Å². The second-order valence-corrected chi connectivity index (χ2v) is 4.17. The zero-order chi connectivity index (χ0) is 12.4. The van der Waals surface area contributed by atoms with Gasteiger partial charge in [-0.2, -0.15) is 0 Å². The van der Waals surface area contributed by atoms with E-state index in [9.17, 15) is 19.2 Å². The SMILES string of the molecule is O=C1CCC(NC(=O)[C@@H]2CCC(=O)N2)C(=O)N1. The molecule has 2 atom stereocenters. The van der Waals surface area contributed by atoms with Gasteiger partial charge in [0.05, 0.1) is 0 Å². The standard InChI is InChI=1S/C10H13N3O4/c14-7-3-1-5(11-7)9(16)12-6-2-4-8(15)13-10(6)17/h5-6H,1-4H2,(H,11,14)(H,12,16)(H,13,15,17)/t5-,6?/m0/s1. The number of piperidine rings is 1. The van der Waals surface area contributed by atoms with Gasteiger partial charge in [-0.1, -0.05) is 0 Å². The minimum Gasteiger partial charge on any atom is -0.344 e. The number of rotatable bonds is 2. The van der Waals surface area contributed by atoms with Gasteiger partial charge in [-0.25, -0.2) is 0 Å². The Hall–Kier alpha value is -1.92. The maximum atomic E-state index is 11.7. The van der Waals surface area contributed by atoms with Crippen molar-refractivity contribution in [2.24, 2.45) is 0 Å². The van der Waals surface area contributed by atoms with Gasteiger partial charge in [0, 0.05) is 12.8 Å². The van der Waals surface area contributed by atoms with Crippen LogP contribution in [0.5, 0.6) is 0 Å². The van der Waals surface area contributed by atoms with Gasteiger partial charge in [0.25, 0.3) is 0 Å². The molecule has 2 saturated heterocycles. The van der Waals surface area contributed by atoms with Crippen molar-refractivity contribution in [3.05, 3.63) is 0 Å². The van der Waals surface area contributed by atoms with Crippen LogP contribution in [-0.2, 0) is 19.2 Å². The number of carbonyl (C=O) groups excluding carboxylic acids is 4. The topological polar surface area (TPSA) is 104 Å². The quantitative estimate of drug-likeness (QED) is 0.494. The lowest BCUT2D eigenvalue weighted by atomic mass is 10.1. The molecule has 2 aliphatic rings. The Morgan fingerprint density at radius 2 is 1.82 bits per heavy atom. The van der Waals surface area contributed by atoms with Gasteiger partial charge < -0.3 is 10.6 Å². The number of carbonyl (C=O) groups is 4. The largest absolute Gasteiger partial charge is 0.344 e. The van der Waals surface area contributed by atoms with E-state index in [1.807, 2.05) is 0 Å². The molecule has 4 amide bonds. The second-order valence-electron chi connectivity index (χ2n) is 4.17. The molecule has 2 fully saturated rings. The van der Waals surface area contributed by atoms with Gasteiger partial charge in [0.15, 0.2) is 0 Å². The van der Waals surface area contributed by atoms with Gasteiger partial charge >= 0.3 is 0 Å². The van der Waals surface area contributed by atoms with Gasteiger partial charge in [-0.15, -0.1) is 0 Å². The van der Waals surface area contributed by atoms with Crippen LogP contribution in [0.2, 0.25) is 0 Å². The van der Waals surface area contributed by atoms with Gasteiger partial charge in [0.1, 0.15) is 12.1 Å². The van der Waals surface area contributed by atoms with Crippen molar-refractivity contribution in [1.82, 2.24) is 16.0 Å². The molecule has 0 aromatic rings. The molecule has 7 heteroatoms. The molecule has 0 bridgehead atoms. The molecule has 3 N–H and O–H groups in total. The Bertz CT molecular complexity index is 393. The molecule has 0 aromatic carbocycles. The molecule has 2 rings (SSSR count). The summed E-state index contributed by atoms with van der Waals surface area (Å²) in [5.41, 5.74) is 0. The molecule has 7 nitrogen and oxygen atoms in total. The summed E-state index contributed by atoms with van der Waals surface area (Å²) in [6.07, 6.45) is 1.29. The lowest BCUT2D eigenvalue weighted by Crippen LogP contribution is -2.55. The zero-order valence-corrected chi connectivity index (χ0v) is 9.12. The van der Waals surface area contributed by atoms with Crippen molar-refractivity contribution in [1.29, 1.82) is 0 Å². The van der Waals surface area contributed by atoms with E-state index in [0.717, 1.165) is 0 Å². The van der Waals surface area contributed by atoms with Crippen LogP contribution >= 0.6 is 0 Å².